The van der Waals surface area contributed by atoms with Crippen molar-refractivity contribution >= 4 is 11.9 Å². The van der Waals surface area contributed by atoms with Crippen LogP contribution in [0.3, 0.4) is 0 Å². The smallest absolute Gasteiger partial charge is 0.416 e. The summed E-state index contributed by atoms with van der Waals surface area (Å²) in [6.45, 7) is 1.64. The topological polar surface area (TPSA) is 155 Å². The van der Waals surface area contributed by atoms with E-state index in [0.717, 1.165) is 12.1 Å². The van der Waals surface area contributed by atoms with Gasteiger partial charge in [0.1, 0.15) is 12.2 Å². The Bertz CT molecular complexity index is 547. The molecular formula is C13H16F3NO7. The lowest BCUT2D eigenvalue weighted by molar-refractivity contribution is -0.704. The highest BCUT2D eigenvalue weighted by atomic mass is 19.4. The quantitative estimate of drug-likeness (QED) is 0.468. The number of quaternary nitrogens is 1. The third kappa shape index (κ3) is 6.91. The second-order valence-corrected chi connectivity index (χ2v) is 4.48. The molecule has 3 atom stereocenters. The van der Waals surface area contributed by atoms with Gasteiger partial charge in [-0.25, -0.2) is 15.5 Å². The molecule has 0 heterocycles. The van der Waals surface area contributed by atoms with Gasteiger partial charge in [-0.1, -0.05) is 12.1 Å². The average Bonchev–Trinajstić information content (AvgIpc) is 2.52. The Morgan fingerprint density at radius 1 is 1.25 bits per heavy atom. The highest BCUT2D eigenvalue weighted by Gasteiger charge is 2.30. The number of hydrogen-bond acceptors (Lipinski definition) is 6. The summed E-state index contributed by atoms with van der Waals surface area (Å²) in [6, 6.07) is 5.02. The number of aliphatic hydroxyl groups is 2. The van der Waals surface area contributed by atoms with Gasteiger partial charge >= 0.3 is 12.1 Å². The molecule has 11 heteroatoms. The molecule has 0 spiro atoms. The first-order valence-corrected chi connectivity index (χ1v) is 6.29. The molecule has 0 bridgehead atoms. The summed E-state index contributed by atoms with van der Waals surface area (Å²) >= 11 is 0. The standard InChI is InChI=1S/C9H11F3NO.C4H6O6/c1-6(14-13)7-3-2-4-8(5-7)9(10,11)12;5-1(3(7)8)2(6)4(9)10/h2-6H,1,13H3;1-2,5-6H,(H,7,8)(H,9,10)/q+1;/p-1/t6-;1-,2-/m01/s1. The van der Waals surface area contributed by atoms with Crippen molar-refractivity contribution in [3.63, 3.8) is 0 Å². The lowest BCUT2D eigenvalue weighted by atomic mass is 10.1. The van der Waals surface area contributed by atoms with Crippen LogP contribution in [-0.2, 0) is 20.6 Å². The largest absolute Gasteiger partial charge is 0.547 e. The molecule has 0 unspecified atom stereocenters. The van der Waals surface area contributed by atoms with Crippen molar-refractivity contribution in [2.45, 2.75) is 31.4 Å². The van der Waals surface area contributed by atoms with Gasteiger partial charge in [-0.3, -0.25) is 0 Å². The van der Waals surface area contributed by atoms with Gasteiger partial charge in [0.2, 0.25) is 0 Å². The maximum Gasteiger partial charge on any atom is 0.416 e. The molecule has 1 rings (SSSR count). The summed E-state index contributed by atoms with van der Waals surface area (Å²) in [5.41, 5.74) is -0.200. The van der Waals surface area contributed by atoms with Crippen molar-refractivity contribution in [3.8, 4) is 0 Å². The van der Waals surface area contributed by atoms with Gasteiger partial charge in [0, 0.05) is 0 Å². The van der Waals surface area contributed by atoms with Crippen molar-refractivity contribution in [1.29, 1.82) is 0 Å². The van der Waals surface area contributed by atoms with Crippen molar-refractivity contribution in [3.05, 3.63) is 35.4 Å². The van der Waals surface area contributed by atoms with Crippen LogP contribution in [0.15, 0.2) is 24.3 Å². The van der Waals surface area contributed by atoms with Crippen LogP contribution in [0.5, 0.6) is 0 Å². The number of carbonyl (C=O) groups is 2. The maximum absolute atomic E-state index is 12.3. The molecular weight excluding hydrogens is 339 g/mol. The van der Waals surface area contributed by atoms with Crippen LogP contribution >= 0.6 is 0 Å². The number of benzene rings is 1. The van der Waals surface area contributed by atoms with Gasteiger partial charge in [-0.05, 0) is 24.6 Å². The van der Waals surface area contributed by atoms with Crippen molar-refractivity contribution < 1.29 is 53.9 Å². The minimum Gasteiger partial charge on any atom is -0.547 e. The van der Waals surface area contributed by atoms with Gasteiger partial charge < -0.3 is 25.2 Å². The average molecular weight is 355 g/mol. The molecule has 1 aromatic carbocycles. The summed E-state index contributed by atoms with van der Waals surface area (Å²) in [5, 5.41) is 34.1. The Morgan fingerprint density at radius 2 is 1.79 bits per heavy atom. The van der Waals surface area contributed by atoms with Crippen LogP contribution in [0.1, 0.15) is 24.2 Å². The number of aliphatic carboxylic acids is 2. The second-order valence-electron chi connectivity index (χ2n) is 4.48. The number of carboxylic acid groups (broad SMARTS) is 2. The van der Waals surface area contributed by atoms with E-state index in [2.05, 4.69) is 10.7 Å². The first-order valence-electron chi connectivity index (χ1n) is 6.29. The third-order valence-electron chi connectivity index (χ3n) is 2.73. The summed E-state index contributed by atoms with van der Waals surface area (Å²) in [5.74, 6) is -0.655. The number of carbonyl (C=O) groups excluding carboxylic acids is 1. The highest BCUT2D eigenvalue weighted by Crippen LogP contribution is 2.30. The second kappa shape index (κ2) is 9.17. The fraction of sp³-hybridized carbons (Fsp3) is 0.385. The van der Waals surface area contributed by atoms with E-state index in [1.165, 1.54) is 6.07 Å². The van der Waals surface area contributed by atoms with Crippen molar-refractivity contribution in [1.82, 2.24) is 0 Å². The van der Waals surface area contributed by atoms with E-state index >= 15 is 0 Å². The minimum atomic E-state index is -4.31. The number of rotatable bonds is 5. The molecule has 0 aliphatic heterocycles. The third-order valence-corrected chi connectivity index (χ3v) is 2.73. The van der Waals surface area contributed by atoms with E-state index in [4.69, 9.17) is 15.3 Å². The van der Waals surface area contributed by atoms with Gasteiger partial charge in [0.05, 0.1) is 11.5 Å². The molecule has 136 valence electrons. The zero-order valence-electron chi connectivity index (χ0n) is 12.4. The lowest BCUT2D eigenvalue weighted by Gasteiger charge is -2.13. The van der Waals surface area contributed by atoms with Gasteiger partial charge in [-0.15, -0.1) is 0 Å². The van der Waals surface area contributed by atoms with Crippen LogP contribution in [-0.4, -0.2) is 39.5 Å². The first kappa shape index (κ1) is 21.8. The molecule has 0 aromatic heterocycles. The zero-order valence-corrected chi connectivity index (χ0v) is 12.4. The van der Waals surface area contributed by atoms with E-state index in [0.29, 0.717) is 5.56 Å². The monoisotopic (exact) mass is 355 g/mol. The van der Waals surface area contributed by atoms with Gasteiger partial charge in [0.15, 0.2) is 6.10 Å². The van der Waals surface area contributed by atoms with Crippen molar-refractivity contribution in [2.24, 2.45) is 0 Å². The summed E-state index contributed by atoms with van der Waals surface area (Å²) < 4.78 is 36.8. The molecule has 0 radical (unpaired) electrons. The Balaban J connectivity index is 0.000000470. The zero-order chi connectivity index (χ0) is 19.1. The maximum atomic E-state index is 12.3. The molecule has 24 heavy (non-hydrogen) atoms. The molecule has 0 saturated heterocycles. The van der Waals surface area contributed by atoms with Crippen LogP contribution in [0.25, 0.3) is 0 Å². The highest BCUT2D eigenvalue weighted by molar-refractivity contribution is 5.82. The molecule has 0 aliphatic rings. The SMILES string of the molecule is C[C@H](O[NH3+])c1cccc(C(F)(F)F)c1.O=C([O-])[C@H](O)[C@@H](O)C(=O)O. The number of aliphatic hydroxyl groups excluding tert-OH is 2. The molecule has 0 saturated carbocycles. The van der Waals surface area contributed by atoms with Gasteiger partial charge in [0.25, 0.3) is 0 Å². The Labute approximate surface area is 133 Å². The van der Waals surface area contributed by atoms with E-state index in [1.807, 2.05) is 0 Å². The van der Waals surface area contributed by atoms with Crippen LogP contribution in [0.2, 0.25) is 0 Å². The van der Waals surface area contributed by atoms with Crippen LogP contribution < -0.4 is 11.0 Å². The molecule has 8 nitrogen and oxygen atoms in total. The van der Waals surface area contributed by atoms with Crippen LogP contribution in [0.4, 0.5) is 13.2 Å². The predicted octanol–water partition coefficient (Wildman–Crippen LogP) is -1.52. The number of alkyl halides is 3. The van der Waals surface area contributed by atoms with E-state index < -0.39 is 42.0 Å². The molecule has 1 aromatic rings. The normalized spacial score (nSPS) is 14.8. The van der Waals surface area contributed by atoms with Crippen molar-refractivity contribution in [2.75, 3.05) is 0 Å². The Hall–Kier alpha value is -2.21. The minimum absolute atomic E-state index is 0.433. The fourth-order valence-corrected chi connectivity index (χ4v) is 1.33. The summed E-state index contributed by atoms with van der Waals surface area (Å²) in [7, 11) is 0. The Kier molecular flexibility index (Phi) is 8.33. The first-order chi connectivity index (χ1) is 10.9. The summed E-state index contributed by atoms with van der Waals surface area (Å²) in [4.78, 5) is 24.1. The lowest BCUT2D eigenvalue weighted by Crippen LogP contribution is -2.49. The number of carboxylic acids is 2. The van der Waals surface area contributed by atoms with E-state index in [1.54, 1.807) is 13.0 Å². The molecule has 0 aliphatic carbocycles. The van der Waals surface area contributed by atoms with E-state index in [9.17, 15) is 27.9 Å². The summed E-state index contributed by atoms with van der Waals surface area (Å²) in [6.07, 6.45) is -9.45. The van der Waals surface area contributed by atoms with E-state index in [-0.39, 0.29) is 0 Å². The predicted molar refractivity (Wildman–Crippen MR) is 68.5 cm³/mol. The molecule has 6 N–H and O–H groups in total. The Morgan fingerprint density at radius 3 is 2.12 bits per heavy atom. The fourth-order valence-electron chi connectivity index (χ4n) is 1.33. The number of hydrogen-bond donors (Lipinski definition) is 4. The molecule has 0 amide bonds. The number of halogens is 3. The molecule has 0 fully saturated rings. The van der Waals surface area contributed by atoms with Crippen LogP contribution in [0, 0.1) is 0 Å². The van der Waals surface area contributed by atoms with Gasteiger partial charge in [-0.2, -0.15) is 13.2 Å².